The van der Waals surface area contributed by atoms with Gasteiger partial charge in [-0.15, -0.1) is 0 Å². The van der Waals surface area contributed by atoms with Crippen LogP contribution in [0.2, 0.25) is 0 Å². The number of pyridine rings is 1. The molecular formula is C15H15N3O3. The number of aromatic carboxylic acids is 1. The van der Waals surface area contributed by atoms with Crippen molar-refractivity contribution in [2.45, 2.75) is 26.3 Å². The van der Waals surface area contributed by atoms with E-state index in [0.717, 1.165) is 6.42 Å². The van der Waals surface area contributed by atoms with E-state index in [2.05, 4.69) is 10.1 Å². The summed E-state index contributed by atoms with van der Waals surface area (Å²) in [6, 6.07) is 5.16. The Morgan fingerprint density at radius 2 is 2.33 bits per heavy atom. The molecule has 3 rings (SSSR count). The number of hydrogen-bond acceptors (Lipinski definition) is 4. The second-order valence-corrected chi connectivity index (χ2v) is 4.92. The van der Waals surface area contributed by atoms with Gasteiger partial charge in [0.15, 0.2) is 11.4 Å². The highest BCUT2D eigenvalue weighted by Crippen LogP contribution is 2.27. The van der Waals surface area contributed by atoms with Gasteiger partial charge in [0.05, 0.1) is 29.5 Å². The highest BCUT2D eigenvalue weighted by molar-refractivity contribution is 6.02. The fourth-order valence-corrected chi connectivity index (χ4v) is 2.24. The molecule has 0 fully saturated rings. The van der Waals surface area contributed by atoms with Crippen molar-refractivity contribution < 1.29 is 14.3 Å². The molecule has 0 aliphatic rings. The zero-order valence-corrected chi connectivity index (χ0v) is 11.8. The van der Waals surface area contributed by atoms with Gasteiger partial charge in [-0.2, -0.15) is 5.10 Å². The Morgan fingerprint density at radius 1 is 1.52 bits per heavy atom. The molecule has 6 heteroatoms. The molecule has 3 aromatic heterocycles. The monoisotopic (exact) mass is 285 g/mol. The van der Waals surface area contributed by atoms with Crippen LogP contribution >= 0.6 is 0 Å². The van der Waals surface area contributed by atoms with Crippen molar-refractivity contribution in [2.24, 2.45) is 0 Å². The zero-order chi connectivity index (χ0) is 15.0. The summed E-state index contributed by atoms with van der Waals surface area (Å²) in [6.07, 6.45) is 3.98. The number of carbonyl (C=O) groups is 1. The van der Waals surface area contributed by atoms with Gasteiger partial charge in [0.25, 0.3) is 0 Å². The second kappa shape index (κ2) is 5.05. The topological polar surface area (TPSA) is 81.2 Å². The lowest BCUT2D eigenvalue weighted by Gasteiger charge is -2.10. The van der Waals surface area contributed by atoms with Crippen molar-refractivity contribution in [1.29, 1.82) is 0 Å². The van der Waals surface area contributed by atoms with E-state index in [0.29, 0.717) is 22.5 Å². The summed E-state index contributed by atoms with van der Waals surface area (Å²) in [5.41, 5.74) is 1.24. The highest BCUT2D eigenvalue weighted by atomic mass is 16.4. The standard InChI is InChI=1S/C15H15N3O3/c1-3-9(2)18-14-11(8-16-18)10(15(19)20)7-12(17-14)13-5-4-6-21-13/h4-9H,3H2,1-2H3,(H,19,20). The van der Waals surface area contributed by atoms with Gasteiger partial charge in [0, 0.05) is 0 Å². The van der Waals surface area contributed by atoms with E-state index in [9.17, 15) is 9.90 Å². The number of furan rings is 1. The van der Waals surface area contributed by atoms with Crippen molar-refractivity contribution in [3.63, 3.8) is 0 Å². The second-order valence-electron chi connectivity index (χ2n) is 4.92. The first-order valence-electron chi connectivity index (χ1n) is 6.77. The summed E-state index contributed by atoms with van der Waals surface area (Å²) in [4.78, 5) is 16.0. The van der Waals surface area contributed by atoms with Crippen LogP contribution in [0.25, 0.3) is 22.5 Å². The van der Waals surface area contributed by atoms with Crippen molar-refractivity contribution in [2.75, 3.05) is 0 Å². The van der Waals surface area contributed by atoms with Gasteiger partial charge in [-0.05, 0) is 31.5 Å². The lowest BCUT2D eigenvalue weighted by atomic mass is 10.1. The maximum atomic E-state index is 11.5. The fraction of sp³-hybridized carbons (Fsp3) is 0.267. The van der Waals surface area contributed by atoms with Crippen molar-refractivity contribution >= 4 is 17.0 Å². The van der Waals surface area contributed by atoms with Crippen LogP contribution in [0.3, 0.4) is 0 Å². The van der Waals surface area contributed by atoms with Crippen LogP contribution in [0.5, 0.6) is 0 Å². The molecule has 0 saturated carbocycles. The minimum atomic E-state index is -1.00. The minimum absolute atomic E-state index is 0.142. The fourth-order valence-electron chi connectivity index (χ4n) is 2.24. The predicted octanol–water partition coefficient (Wildman–Crippen LogP) is 3.36. The van der Waals surface area contributed by atoms with Crippen molar-refractivity contribution in [1.82, 2.24) is 14.8 Å². The molecule has 6 nitrogen and oxygen atoms in total. The SMILES string of the molecule is CCC(C)n1ncc2c(C(=O)O)cc(-c3ccco3)nc21. The number of carboxylic acids is 1. The van der Waals surface area contributed by atoms with Crippen molar-refractivity contribution in [3.8, 4) is 11.5 Å². The Morgan fingerprint density at radius 3 is 2.95 bits per heavy atom. The van der Waals surface area contributed by atoms with Crippen LogP contribution in [-0.2, 0) is 0 Å². The summed E-state index contributed by atoms with van der Waals surface area (Å²) >= 11 is 0. The quantitative estimate of drug-likeness (QED) is 0.794. The number of carboxylic acid groups (broad SMARTS) is 1. The highest BCUT2D eigenvalue weighted by Gasteiger charge is 2.19. The van der Waals surface area contributed by atoms with Crippen LogP contribution < -0.4 is 0 Å². The summed E-state index contributed by atoms with van der Waals surface area (Å²) < 4.78 is 7.08. The van der Waals surface area contributed by atoms with Gasteiger partial charge in [-0.25, -0.2) is 14.5 Å². The number of hydrogen-bond donors (Lipinski definition) is 1. The third kappa shape index (κ3) is 2.18. The summed E-state index contributed by atoms with van der Waals surface area (Å²) in [6.45, 7) is 4.07. The van der Waals surface area contributed by atoms with Crippen LogP contribution in [-0.4, -0.2) is 25.8 Å². The van der Waals surface area contributed by atoms with E-state index in [1.165, 1.54) is 12.3 Å². The van der Waals surface area contributed by atoms with Crippen LogP contribution in [0, 0.1) is 0 Å². The van der Waals surface area contributed by atoms with Gasteiger partial charge in [-0.1, -0.05) is 6.92 Å². The molecule has 3 heterocycles. The van der Waals surface area contributed by atoms with Crippen LogP contribution in [0.15, 0.2) is 35.1 Å². The van der Waals surface area contributed by atoms with Crippen LogP contribution in [0.4, 0.5) is 0 Å². The first-order valence-corrected chi connectivity index (χ1v) is 6.77. The molecule has 0 saturated heterocycles. The van der Waals surface area contributed by atoms with Gasteiger partial charge in [0.2, 0.25) is 0 Å². The largest absolute Gasteiger partial charge is 0.478 e. The van der Waals surface area contributed by atoms with Gasteiger partial charge in [-0.3, -0.25) is 0 Å². The molecular weight excluding hydrogens is 270 g/mol. The first kappa shape index (κ1) is 13.4. The Kier molecular flexibility index (Phi) is 3.21. The lowest BCUT2D eigenvalue weighted by molar-refractivity contribution is 0.0699. The van der Waals surface area contributed by atoms with E-state index >= 15 is 0 Å². The number of aromatic nitrogens is 3. The van der Waals surface area contributed by atoms with E-state index < -0.39 is 5.97 Å². The molecule has 0 aromatic carbocycles. The maximum Gasteiger partial charge on any atom is 0.336 e. The van der Waals surface area contributed by atoms with E-state index in [1.54, 1.807) is 23.0 Å². The number of rotatable bonds is 4. The molecule has 108 valence electrons. The third-order valence-electron chi connectivity index (χ3n) is 3.58. The Labute approximate surface area is 121 Å². The van der Waals surface area contributed by atoms with Crippen LogP contribution in [0.1, 0.15) is 36.7 Å². The number of fused-ring (bicyclic) bond motifs is 1. The van der Waals surface area contributed by atoms with E-state index in [4.69, 9.17) is 4.42 Å². The molecule has 0 radical (unpaired) electrons. The molecule has 1 atom stereocenters. The molecule has 0 aliphatic heterocycles. The van der Waals surface area contributed by atoms with Gasteiger partial charge >= 0.3 is 5.97 Å². The summed E-state index contributed by atoms with van der Waals surface area (Å²) in [7, 11) is 0. The molecule has 3 aromatic rings. The smallest absolute Gasteiger partial charge is 0.336 e. The average molecular weight is 285 g/mol. The molecule has 0 aliphatic carbocycles. The third-order valence-corrected chi connectivity index (χ3v) is 3.58. The molecule has 0 amide bonds. The van der Waals surface area contributed by atoms with E-state index in [1.807, 2.05) is 13.8 Å². The summed E-state index contributed by atoms with van der Waals surface area (Å²) in [5.74, 6) is -0.463. The normalized spacial score (nSPS) is 12.7. The average Bonchev–Trinajstić information content (AvgIpc) is 3.14. The Hall–Kier alpha value is -2.63. The molecule has 1 unspecified atom stereocenters. The predicted molar refractivity (Wildman–Crippen MR) is 77.2 cm³/mol. The molecule has 1 N–H and O–H groups in total. The zero-order valence-electron chi connectivity index (χ0n) is 11.8. The first-order chi connectivity index (χ1) is 10.1. The van der Waals surface area contributed by atoms with Gasteiger partial charge in [0.1, 0.15) is 5.69 Å². The molecule has 0 spiro atoms. The molecule has 0 bridgehead atoms. The minimum Gasteiger partial charge on any atom is -0.478 e. The lowest BCUT2D eigenvalue weighted by Crippen LogP contribution is -2.07. The van der Waals surface area contributed by atoms with Crippen molar-refractivity contribution in [3.05, 3.63) is 36.2 Å². The van der Waals surface area contributed by atoms with Gasteiger partial charge < -0.3 is 9.52 Å². The molecule has 21 heavy (non-hydrogen) atoms. The Balaban J connectivity index is 2.30. The maximum absolute atomic E-state index is 11.5. The van der Waals surface area contributed by atoms with E-state index in [-0.39, 0.29) is 11.6 Å². The number of nitrogens with zero attached hydrogens (tertiary/aromatic N) is 3. The Bertz CT molecular complexity index is 790. The summed E-state index contributed by atoms with van der Waals surface area (Å²) in [5, 5.41) is 14.2.